The molecular weight excluding hydrogens is 290 g/mol. The van der Waals surface area contributed by atoms with E-state index in [4.69, 9.17) is 11.6 Å². The molecule has 1 atom stereocenters. The Labute approximate surface area is 110 Å². The van der Waals surface area contributed by atoms with Crippen LogP contribution in [-0.4, -0.2) is 5.38 Å². The molecule has 0 saturated carbocycles. The van der Waals surface area contributed by atoms with Crippen molar-refractivity contribution in [3.05, 3.63) is 34.1 Å². The highest BCUT2D eigenvalue weighted by Gasteiger charge is 2.21. The van der Waals surface area contributed by atoms with Crippen molar-refractivity contribution in [1.29, 1.82) is 0 Å². The summed E-state index contributed by atoms with van der Waals surface area (Å²) in [6.45, 7) is 6.39. The van der Waals surface area contributed by atoms with Crippen molar-refractivity contribution >= 4 is 27.5 Å². The predicted octanol–water partition coefficient (Wildman–Crippen LogP) is 5.17. The molecule has 0 spiro atoms. The molecule has 1 aromatic carbocycles. The van der Waals surface area contributed by atoms with Gasteiger partial charge in [0.15, 0.2) is 0 Å². The fourth-order valence-corrected chi connectivity index (χ4v) is 2.10. The molecule has 1 unspecified atom stereocenters. The zero-order valence-corrected chi connectivity index (χ0v) is 12.2. The van der Waals surface area contributed by atoms with E-state index in [1.165, 1.54) is 12.1 Å². The third-order valence-electron chi connectivity index (χ3n) is 2.62. The number of hydrogen-bond donors (Lipinski definition) is 0. The standard InChI is InChI=1S/C13H17BrClF/c1-13(2,3)12(15)7-5-9-4-6-10(16)8-11(9)14/h4,6,8,12H,5,7H2,1-3H3. The van der Waals surface area contributed by atoms with Gasteiger partial charge in [-0.3, -0.25) is 0 Å². The molecule has 0 aliphatic rings. The van der Waals surface area contributed by atoms with Crippen LogP contribution in [0.1, 0.15) is 32.8 Å². The van der Waals surface area contributed by atoms with Gasteiger partial charge in [-0.2, -0.15) is 0 Å². The number of aryl methyl sites for hydroxylation is 1. The molecule has 0 saturated heterocycles. The van der Waals surface area contributed by atoms with Gasteiger partial charge in [-0.15, -0.1) is 11.6 Å². The van der Waals surface area contributed by atoms with Crippen LogP contribution in [0.15, 0.2) is 22.7 Å². The van der Waals surface area contributed by atoms with Crippen molar-refractivity contribution in [2.24, 2.45) is 5.41 Å². The van der Waals surface area contributed by atoms with Crippen molar-refractivity contribution in [2.45, 2.75) is 39.0 Å². The summed E-state index contributed by atoms with van der Waals surface area (Å²) in [4.78, 5) is 0. The Morgan fingerprint density at radius 3 is 2.50 bits per heavy atom. The highest BCUT2D eigenvalue weighted by atomic mass is 79.9. The first-order valence-electron chi connectivity index (χ1n) is 5.38. The maximum absolute atomic E-state index is 12.9. The molecule has 1 rings (SSSR count). The molecular formula is C13H17BrClF. The van der Waals surface area contributed by atoms with Crippen LogP contribution in [0.2, 0.25) is 0 Å². The van der Waals surface area contributed by atoms with Crippen molar-refractivity contribution < 1.29 is 4.39 Å². The molecule has 0 bridgehead atoms. The van der Waals surface area contributed by atoms with Crippen LogP contribution >= 0.6 is 27.5 Å². The summed E-state index contributed by atoms with van der Waals surface area (Å²) < 4.78 is 13.7. The van der Waals surface area contributed by atoms with Gasteiger partial charge in [-0.05, 0) is 36.0 Å². The number of halogens is 3. The zero-order chi connectivity index (χ0) is 12.3. The first-order valence-corrected chi connectivity index (χ1v) is 6.61. The number of hydrogen-bond acceptors (Lipinski definition) is 0. The highest BCUT2D eigenvalue weighted by Crippen LogP contribution is 2.29. The Kier molecular flexibility index (Phi) is 4.81. The lowest BCUT2D eigenvalue weighted by molar-refractivity contribution is 0.374. The quantitative estimate of drug-likeness (QED) is 0.675. The second kappa shape index (κ2) is 5.50. The fourth-order valence-electron chi connectivity index (χ4n) is 1.44. The van der Waals surface area contributed by atoms with Gasteiger partial charge >= 0.3 is 0 Å². The number of rotatable bonds is 3. The van der Waals surface area contributed by atoms with E-state index in [9.17, 15) is 4.39 Å². The number of alkyl halides is 1. The van der Waals surface area contributed by atoms with E-state index in [-0.39, 0.29) is 16.6 Å². The molecule has 90 valence electrons. The average molecular weight is 308 g/mol. The molecule has 0 aliphatic carbocycles. The third kappa shape index (κ3) is 4.06. The minimum atomic E-state index is -0.214. The van der Waals surface area contributed by atoms with E-state index in [0.29, 0.717) is 0 Å². The first kappa shape index (κ1) is 14.0. The van der Waals surface area contributed by atoms with Crippen molar-refractivity contribution in [2.75, 3.05) is 0 Å². The van der Waals surface area contributed by atoms with Gasteiger partial charge in [-0.25, -0.2) is 4.39 Å². The van der Waals surface area contributed by atoms with Gasteiger partial charge in [-0.1, -0.05) is 42.8 Å². The van der Waals surface area contributed by atoms with Gasteiger partial charge in [0.1, 0.15) is 5.82 Å². The average Bonchev–Trinajstić information content (AvgIpc) is 2.14. The molecule has 0 amide bonds. The van der Waals surface area contributed by atoms with Crippen LogP contribution in [-0.2, 0) is 6.42 Å². The van der Waals surface area contributed by atoms with E-state index in [0.717, 1.165) is 22.9 Å². The van der Waals surface area contributed by atoms with Gasteiger partial charge in [0, 0.05) is 9.85 Å². The largest absolute Gasteiger partial charge is 0.207 e. The SMILES string of the molecule is CC(C)(C)C(Cl)CCc1ccc(F)cc1Br. The van der Waals surface area contributed by atoms with E-state index in [2.05, 4.69) is 36.7 Å². The molecule has 0 aliphatic heterocycles. The molecule has 0 nitrogen and oxygen atoms in total. The fraction of sp³-hybridized carbons (Fsp3) is 0.538. The molecule has 1 aromatic rings. The van der Waals surface area contributed by atoms with Crippen molar-refractivity contribution in [3.63, 3.8) is 0 Å². The summed E-state index contributed by atoms with van der Waals surface area (Å²) >= 11 is 9.67. The Hall–Kier alpha value is -0.0800. The lowest BCUT2D eigenvalue weighted by Crippen LogP contribution is -2.21. The van der Waals surface area contributed by atoms with Crippen LogP contribution in [0.4, 0.5) is 4.39 Å². The molecule has 0 radical (unpaired) electrons. The molecule has 0 N–H and O–H groups in total. The monoisotopic (exact) mass is 306 g/mol. The summed E-state index contributed by atoms with van der Waals surface area (Å²) in [5.74, 6) is -0.214. The summed E-state index contributed by atoms with van der Waals surface area (Å²) in [5, 5.41) is 0.129. The van der Waals surface area contributed by atoms with Crippen LogP contribution in [0.25, 0.3) is 0 Å². The summed E-state index contributed by atoms with van der Waals surface area (Å²) in [5.41, 5.74) is 1.21. The lowest BCUT2D eigenvalue weighted by atomic mass is 9.88. The lowest BCUT2D eigenvalue weighted by Gasteiger charge is -2.25. The van der Waals surface area contributed by atoms with Crippen LogP contribution in [0.5, 0.6) is 0 Å². The van der Waals surface area contributed by atoms with Gasteiger partial charge in [0.2, 0.25) is 0 Å². The van der Waals surface area contributed by atoms with E-state index in [1.807, 2.05) is 6.07 Å². The van der Waals surface area contributed by atoms with Crippen LogP contribution < -0.4 is 0 Å². The van der Waals surface area contributed by atoms with E-state index < -0.39 is 0 Å². The minimum absolute atomic E-state index is 0.105. The van der Waals surface area contributed by atoms with Gasteiger partial charge in [0.25, 0.3) is 0 Å². The minimum Gasteiger partial charge on any atom is -0.207 e. The second-order valence-electron chi connectivity index (χ2n) is 5.11. The predicted molar refractivity (Wildman–Crippen MR) is 71.5 cm³/mol. The van der Waals surface area contributed by atoms with Crippen LogP contribution in [0.3, 0.4) is 0 Å². The molecule has 0 fully saturated rings. The maximum Gasteiger partial charge on any atom is 0.124 e. The van der Waals surface area contributed by atoms with E-state index in [1.54, 1.807) is 0 Å². The molecule has 3 heteroatoms. The molecule has 0 heterocycles. The normalized spacial score (nSPS) is 13.9. The first-order chi connectivity index (χ1) is 7.30. The van der Waals surface area contributed by atoms with Gasteiger partial charge in [0.05, 0.1) is 0 Å². The summed E-state index contributed by atoms with van der Waals surface area (Å²) in [7, 11) is 0. The second-order valence-corrected chi connectivity index (χ2v) is 6.49. The maximum atomic E-state index is 12.9. The summed E-state index contributed by atoms with van der Waals surface area (Å²) in [6.07, 6.45) is 1.77. The zero-order valence-electron chi connectivity index (χ0n) is 9.86. The highest BCUT2D eigenvalue weighted by molar-refractivity contribution is 9.10. The third-order valence-corrected chi connectivity index (χ3v) is 4.23. The molecule has 16 heavy (non-hydrogen) atoms. The Bertz CT molecular complexity index is 357. The summed E-state index contributed by atoms with van der Waals surface area (Å²) in [6, 6.07) is 4.79. The Morgan fingerprint density at radius 1 is 1.38 bits per heavy atom. The van der Waals surface area contributed by atoms with E-state index >= 15 is 0 Å². The van der Waals surface area contributed by atoms with Crippen LogP contribution in [0, 0.1) is 11.2 Å². The van der Waals surface area contributed by atoms with Crippen molar-refractivity contribution in [3.8, 4) is 0 Å². The van der Waals surface area contributed by atoms with Gasteiger partial charge < -0.3 is 0 Å². The number of benzene rings is 1. The Morgan fingerprint density at radius 2 is 2.00 bits per heavy atom. The molecule has 0 aromatic heterocycles. The smallest absolute Gasteiger partial charge is 0.124 e. The topological polar surface area (TPSA) is 0 Å². The van der Waals surface area contributed by atoms with Crippen molar-refractivity contribution in [1.82, 2.24) is 0 Å². The Balaban J connectivity index is 2.62.